The van der Waals surface area contributed by atoms with Crippen molar-refractivity contribution in [3.63, 3.8) is 0 Å². The van der Waals surface area contributed by atoms with Crippen molar-refractivity contribution in [3.05, 3.63) is 29.6 Å². The van der Waals surface area contributed by atoms with Gasteiger partial charge in [-0.25, -0.2) is 0 Å². The first-order valence-corrected chi connectivity index (χ1v) is 5.04. The normalized spacial score (nSPS) is 22.1. The lowest BCUT2D eigenvalue weighted by molar-refractivity contribution is -0.138. The van der Waals surface area contributed by atoms with Crippen LogP contribution in [0.5, 0.6) is 0 Å². The molecule has 1 aromatic heterocycles. The molecule has 2 N–H and O–H groups in total. The largest absolute Gasteiger partial charge is 0.418 e. The topological polar surface area (TPSA) is 37.0 Å². The van der Waals surface area contributed by atoms with Crippen molar-refractivity contribution in [3.8, 4) is 0 Å². The fourth-order valence-electron chi connectivity index (χ4n) is 1.82. The van der Waals surface area contributed by atoms with Crippen molar-refractivity contribution in [2.24, 2.45) is 0 Å². The first-order chi connectivity index (χ1) is 7.59. The highest BCUT2D eigenvalue weighted by atomic mass is 19.4. The van der Waals surface area contributed by atoms with Crippen LogP contribution in [0.3, 0.4) is 0 Å². The zero-order valence-electron chi connectivity index (χ0n) is 8.51. The molecule has 88 valence electrons. The van der Waals surface area contributed by atoms with E-state index in [9.17, 15) is 13.2 Å². The molecule has 1 saturated heterocycles. The zero-order chi connectivity index (χ0) is 11.6. The van der Waals surface area contributed by atoms with Crippen LogP contribution in [0.25, 0.3) is 0 Å². The van der Waals surface area contributed by atoms with E-state index in [0.717, 1.165) is 12.7 Å². The first-order valence-electron chi connectivity index (χ1n) is 5.04. The predicted molar refractivity (Wildman–Crippen MR) is 52.9 cm³/mol. The van der Waals surface area contributed by atoms with Gasteiger partial charge in [-0.05, 0) is 11.6 Å². The third-order valence-electron chi connectivity index (χ3n) is 2.58. The van der Waals surface area contributed by atoms with Crippen molar-refractivity contribution in [2.45, 2.75) is 12.2 Å². The fraction of sp³-hybridized carbons (Fsp3) is 0.500. The van der Waals surface area contributed by atoms with E-state index in [-0.39, 0.29) is 11.6 Å². The SMILES string of the molecule is FC(F)(F)c1cnccc1C1CNCCN1. The van der Waals surface area contributed by atoms with Crippen LogP contribution in [-0.2, 0) is 6.18 Å². The average Bonchev–Trinajstić information content (AvgIpc) is 2.29. The molecule has 3 nitrogen and oxygen atoms in total. The maximum Gasteiger partial charge on any atom is 0.418 e. The van der Waals surface area contributed by atoms with Gasteiger partial charge in [-0.1, -0.05) is 0 Å². The molecule has 0 aromatic carbocycles. The number of hydrogen-bond donors (Lipinski definition) is 2. The molecule has 2 rings (SSSR count). The molecule has 0 spiro atoms. The highest BCUT2D eigenvalue weighted by molar-refractivity contribution is 5.29. The highest BCUT2D eigenvalue weighted by Crippen LogP contribution is 2.33. The molecule has 1 atom stereocenters. The average molecular weight is 231 g/mol. The van der Waals surface area contributed by atoms with Gasteiger partial charge < -0.3 is 10.6 Å². The van der Waals surface area contributed by atoms with E-state index >= 15 is 0 Å². The van der Waals surface area contributed by atoms with Gasteiger partial charge in [0.05, 0.1) is 5.56 Å². The van der Waals surface area contributed by atoms with Gasteiger partial charge in [0.25, 0.3) is 0 Å². The smallest absolute Gasteiger partial charge is 0.314 e. The van der Waals surface area contributed by atoms with E-state index in [1.165, 1.54) is 12.3 Å². The van der Waals surface area contributed by atoms with E-state index < -0.39 is 11.7 Å². The van der Waals surface area contributed by atoms with Gasteiger partial charge in [0.1, 0.15) is 0 Å². The summed E-state index contributed by atoms with van der Waals surface area (Å²) in [7, 11) is 0. The Labute approximate surface area is 91.1 Å². The van der Waals surface area contributed by atoms with Crippen LogP contribution in [0.1, 0.15) is 17.2 Å². The molecule has 16 heavy (non-hydrogen) atoms. The molecule has 1 aromatic rings. The molecular formula is C10H12F3N3. The van der Waals surface area contributed by atoms with Crippen molar-refractivity contribution < 1.29 is 13.2 Å². The number of nitrogens with zero attached hydrogens (tertiary/aromatic N) is 1. The summed E-state index contributed by atoms with van der Waals surface area (Å²) < 4.78 is 38.1. The summed E-state index contributed by atoms with van der Waals surface area (Å²) in [6, 6.07) is 1.13. The van der Waals surface area contributed by atoms with Gasteiger partial charge in [0, 0.05) is 38.1 Å². The van der Waals surface area contributed by atoms with E-state index in [1.54, 1.807) is 0 Å². The summed E-state index contributed by atoms with van der Waals surface area (Å²) in [4.78, 5) is 3.54. The summed E-state index contributed by atoms with van der Waals surface area (Å²) in [5, 5.41) is 6.12. The van der Waals surface area contributed by atoms with Gasteiger partial charge in [-0.15, -0.1) is 0 Å². The van der Waals surface area contributed by atoms with Gasteiger partial charge in [-0.2, -0.15) is 13.2 Å². The van der Waals surface area contributed by atoms with Crippen molar-refractivity contribution >= 4 is 0 Å². The first kappa shape index (κ1) is 11.3. The molecule has 1 aliphatic rings. The minimum Gasteiger partial charge on any atom is -0.314 e. The van der Waals surface area contributed by atoms with Crippen LogP contribution < -0.4 is 10.6 Å². The molecule has 1 aliphatic heterocycles. The van der Waals surface area contributed by atoms with E-state index in [4.69, 9.17) is 0 Å². The third-order valence-corrected chi connectivity index (χ3v) is 2.58. The van der Waals surface area contributed by atoms with Crippen LogP contribution in [0.15, 0.2) is 18.5 Å². The standard InChI is InChI=1S/C10H12F3N3/c11-10(12,13)8-5-14-2-1-7(8)9-6-15-3-4-16-9/h1-2,5,9,15-16H,3-4,6H2. The summed E-state index contributed by atoms with van der Waals surface area (Å²) in [5.41, 5.74) is -0.397. The van der Waals surface area contributed by atoms with Crippen molar-refractivity contribution in [2.75, 3.05) is 19.6 Å². The number of alkyl halides is 3. The lowest BCUT2D eigenvalue weighted by Crippen LogP contribution is -2.43. The number of aromatic nitrogens is 1. The second-order valence-corrected chi connectivity index (χ2v) is 3.67. The van der Waals surface area contributed by atoms with Crippen molar-refractivity contribution in [1.82, 2.24) is 15.6 Å². The molecule has 2 heterocycles. The Bertz CT molecular complexity index is 359. The monoisotopic (exact) mass is 231 g/mol. The Morgan fingerprint density at radius 3 is 2.75 bits per heavy atom. The van der Waals surface area contributed by atoms with Crippen LogP contribution in [0.2, 0.25) is 0 Å². The van der Waals surface area contributed by atoms with Crippen LogP contribution in [0.4, 0.5) is 13.2 Å². The molecule has 0 aliphatic carbocycles. The summed E-state index contributed by atoms with van der Waals surface area (Å²) in [5.74, 6) is 0. The molecule has 0 amide bonds. The van der Waals surface area contributed by atoms with E-state index in [1.807, 2.05) is 0 Å². The molecular weight excluding hydrogens is 219 g/mol. The number of nitrogens with one attached hydrogen (secondary N) is 2. The third kappa shape index (κ3) is 2.33. The maximum absolute atomic E-state index is 12.7. The maximum atomic E-state index is 12.7. The molecule has 1 fully saturated rings. The second-order valence-electron chi connectivity index (χ2n) is 3.67. The lowest BCUT2D eigenvalue weighted by Gasteiger charge is -2.26. The number of piperazine rings is 1. The number of rotatable bonds is 1. The zero-order valence-corrected chi connectivity index (χ0v) is 8.51. The number of pyridine rings is 1. The molecule has 0 saturated carbocycles. The minimum absolute atomic E-state index is 0.259. The number of halogens is 3. The molecule has 6 heteroatoms. The predicted octanol–water partition coefficient (Wildman–Crippen LogP) is 1.33. The quantitative estimate of drug-likeness (QED) is 0.765. The molecule has 0 bridgehead atoms. The van der Waals surface area contributed by atoms with Crippen molar-refractivity contribution in [1.29, 1.82) is 0 Å². The second kappa shape index (κ2) is 4.39. The Balaban J connectivity index is 2.32. The Morgan fingerprint density at radius 2 is 2.12 bits per heavy atom. The number of hydrogen-bond acceptors (Lipinski definition) is 3. The Kier molecular flexibility index (Phi) is 3.11. The summed E-state index contributed by atoms with van der Waals surface area (Å²) >= 11 is 0. The Hall–Kier alpha value is -1.14. The highest BCUT2D eigenvalue weighted by Gasteiger charge is 2.35. The van der Waals surface area contributed by atoms with E-state index in [0.29, 0.717) is 13.1 Å². The summed E-state index contributed by atoms with van der Waals surface area (Å²) in [6.07, 6.45) is -2.07. The van der Waals surface area contributed by atoms with Gasteiger partial charge in [-0.3, -0.25) is 4.98 Å². The lowest BCUT2D eigenvalue weighted by atomic mass is 10.0. The van der Waals surface area contributed by atoms with Gasteiger partial charge in [0.2, 0.25) is 0 Å². The van der Waals surface area contributed by atoms with Gasteiger partial charge >= 0.3 is 6.18 Å². The Morgan fingerprint density at radius 1 is 1.31 bits per heavy atom. The van der Waals surface area contributed by atoms with Crippen LogP contribution in [-0.4, -0.2) is 24.6 Å². The van der Waals surface area contributed by atoms with Crippen LogP contribution >= 0.6 is 0 Å². The van der Waals surface area contributed by atoms with Crippen LogP contribution in [0, 0.1) is 0 Å². The minimum atomic E-state index is -4.34. The van der Waals surface area contributed by atoms with E-state index in [2.05, 4.69) is 15.6 Å². The fourth-order valence-corrected chi connectivity index (χ4v) is 1.82. The summed E-state index contributed by atoms with van der Waals surface area (Å²) in [6.45, 7) is 1.96. The molecule has 0 radical (unpaired) electrons. The molecule has 1 unspecified atom stereocenters. The van der Waals surface area contributed by atoms with Gasteiger partial charge in [0.15, 0.2) is 0 Å².